The lowest BCUT2D eigenvalue weighted by Gasteiger charge is -2.07. The average Bonchev–Trinajstić information content (AvgIpc) is 3.37. The maximum Gasteiger partial charge on any atom is 0.341 e. The summed E-state index contributed by atoms with van der Waals surface area (Å²) in [5.41, 5.74) is 1.81. The van der Waals surface area contributed by atoms with Gasteiger partial charge in [0.15, 0.2) is 5.76 Å². The fourth-order valence-corrected chi connectivity index (χ4v) is 4.23. The third-order valence-corrected chi connectivity index (χ3v) is 5.93. The normalized spacial score (nSPS) is 10.8. The third kappa shape index (κ3) is 4.67. The second kappa shape index (κ2) is 9.13. The van der Waals surface area contributed by atoms with Crippen LogP contribution in [-0.2, 0) is 20.9 Å². The van der Waals surface area contributed by atoms with E-state index in [0.29, 0.717) is 22.0 Å². The molecule has 0 saturated heterocycles. The van der Waals surface area contributed by atoms with Crippen molar-refractivity contribution in [3.8, 4) is 10.6 Å². The van der Waals surface area contributed by atoms with Crippen LogP contribution in [0.5, 0.6) is 0 Å². The zero-order chi connectivity index (χ0) is 20.1. The van der Waals surface area contributed by atoms with E-state index in [4.69, 9.17) is 14.0 Å². The second-order valence-electron chi connectivity index (χ2n) is 5.91. The third-order valence-electron chi connectivity index (χ3n) is 3.92. The number of anilines is 1. The van der Waals surface area contributed by atoms with Crippen LogP contribution in [0.15, 0.2) is 28.1 Å². The first-order valence-corrected chi connectivity index (χ1v) is 10.3. The minimum absolute atomic E-state index is 0.148. The van der Waals surface area contributed by atoms with Gasteiger partial charge >= 0.3 is 5.97 Å². The number of thiophene rings is 2. The van der Waals surface area contributed by atoms with Crippen LogP contribution in [0.2, 0.25) is 0 Å². The van der Waals surface area contributed by atoms with Gasteiger partial charge in [0.05, 0.1) is 23.7 Å². The van der Waals surface area contributed by atoms with Crippen LogP contribution in [0, 0.1) is 13.8 Å². The molecule has 0 fully saturated rings. The van der Waals surface area contributed by atoms with E-state index in [-0.39, 0.29) is 25.7 Å². The highest BCUT2D eigenvalue weighted by Gasteiger charge is 2.22. The first kappa shape index (κ1) is 20.2. The molecule has 1 amide bonds. The van der Waals surface area contributed by atoms with Gasteiger partial charge in [-0.05, 0) is 37.8 Å². The van der Waals surface area contributed by atoms with Gasteiger partial charge in [-0.25, -0.2) is 4.79 Å². The van der Waals surface area contributed by atoms with Gasteiger partial charge in [-0.2, -0.15) is 0 Å². The monoisotopic (exact) mass is 420 g/mol. The number of aromatic nitrogens is 1. The SMILES string of the molecule is CCOC(=O)c1c(NC(=O)COCc2cc(-c3cccs3)on2)sc(C)c1C. The smallest absolute Gasteiger partial charge is 0.341 e. The van der Waals surface area contributed by atoms with Crippen LogP contribution in [0.4, 0.5) is 5.00 Å². The number of rotatable bonds is 8. The Morgan fingerprint density at radius 2 is 2.14 bits per heavy atom. The van der Waals surface area contributed by atoms with Gasteiger partial charge in [-0.1, -0.05) is 11.2 Å². The molecule has 148 valence electrons. The number of aryl methyl sites for hydroxylation is 1. The fraction of sp³-hybridized carbons (Fsp3) is 0.316. The van der Waals surface area contributed by atoms with Crippen molar-refractivity contribution in [2.24, 2.45) is 0 Å². The molecule has 0 spiro atoms. The van der Waals surface area contributed by atoms with E-state index in [9.17, 15) is 9.59 Å². The Kier molecular flexibility index (Phi) is 6.61. The minimum Gasteiger partial charge on any atom is -0.462 e. The number of amides is 1. The lowest BCUT2D eigenvalue weighted by Crippen LogP contribution is -2.19. The van der Waals surface area contributed by atoms with E-state index in [1.54, 1.807) is 24.3 Å². The van der Waals surface area contributed by atoms with Crippen LogP contribution < -0.4 is 5.32 Å². The Labute approximate surface area is 170 Å². The molecule has 0 radical (unpaired) electrons. The van der Waals surface area contributed by atoms with Gasteiger partial charge < -0.3 is 19.3 Å². The molecule has 3 rings (SSSR count). The molecular formula is C19H20N2O5S2. The topological polar surface area (TPSA) is 90.7 Å². The number of hydrogen-bond donors (Lipinski definition) is 1. The van der Waals surface area contributed by atoms with Crippen molar-refractivity contribution in [1.82, 2.24) is 5.16 Å². The number of hydrogen-bond acceptors (Lipinski definition) is 8. The van der Waals surface area contributed by atoms with Gasteiger partial charge in [0.2, 0.25) is 0 Å². The summed E-state index contributed by atoms with van der Waals surface area (Å²) in [5, 5.41) is 9.11. The average molecular weight is 421 g/mol. The minimum atomic E-state index is -0.440. The van der Waals surface area contributed by atoms with Crippen molar-refractivity contribution >= 4 is 39.6 Å². The second-order valence-corrected chi connectivity index (χ2v) is 8.08. The molecule has 3 heterocycles. The molecule has 0 aliphatic rings. The van der Waals surface area contributed by atoms with Crippen molar-refractivity contribution in [2.45, 2.75) is 27.4 Å². The highest BCUT2D eigenvalue weighted by atomic mass is 32.1. The molecular weight excluding hydrogens is 400 g/mol. The molecule has 3 aromatic heterocycles. The van der Waals surface area contributed by atoms with E-state index in [0.717, 1.165) is 15.3 Å². The Hall–Kier alpha value is -2.49. The number of ether oxygens (including phenoxy) is 2. The first-order chi connectivity index (χ1) is 13.5. The maximum atomic E-state index is 12.2. The highest BCUT2D eigenvalue weighted by molar-refractivity contribution is 7.16. The van der Waals surface area contributed by atoms with Crippen molar-refractivity contribution in [3.63, 3.8) is 0 Å². The number of nitrogens with one attached hydrogen (secondary N) is 1. The molecule has 3 aromatic rings. The van der Waals surface area contributed by atoms with Crippen LogP contribution in [0.25, 0.3) is 10.6 Å². The Morgan fingerprint density at radius 3 is 2.86 bits per heavy atom. The molecule has 0 aromatic carbocycles. The van der Waals surface area contributed by atoms with Gasteiger partial charge in [-0.3, -0.25) is 4.79 Å². The standard InChI is InChI=1S/C19H20N2O5S2/c1-4-25-19(23)17-11(2)12(3)28-18(17)20-16(22)10-24-9-13-8-14(26-21-13)15-6-5-7-27-15/h5-8H,4,9-10H2,1-3H3,(H,20,22). The van der Waals surface area contributed by atoms with Crippen LogP contribution in [0.1, 0.15) is 33.4 Å². The van der Waals surface area contributed by atoms with Crippen LogP contribution in [0.3, 0.4) is 0 Å². The lowest BCUT2D eigenvalue weighted by molar-refractivity contribution is -0.121. The summed E-state index contributed by atoms with van der Waals surface area (Å²) in [6.07, 6.45) is 0. The molecule has 0 aliphatic heterocycles. The summed E-state index contributed by atoms with van der Waals surface area (Å²) in [7, 11) is 0. The summed E-state index contributed by atoms with van der Waals surface area (Å²) < 4.78 is 15.8. The zero-order valence-corrected chi connectivity index (χ0v) is 17.4. The number of nitrogens with zero attached hydrogens (tertiary/aromatic N) is 1. The van der Waals surface area contributed by atoms with E-state index in [2.05, 4.69) is 10.5 Å². The number of carbonyl (C=O) groups excluding carboxylic acids is 2. The molecule has 1 N–H and O–H groups in total. The van der Waals surface area contributed by atoms with E-state index < -0.39 is 5.97 Å². The van der Waals surface area contributed by atoms with Gasteiger partial charge in [0, 0.05) is 10.9 Å². The summed E-state index contributed by atoms with van der Waals surface area (Å²) in [6.45, 7) is 5.72. The summed E-state index contributed by atoms with van der Waals surface area (Å²) in [5.74, 6) is -0.125. The summed E-state index contributed by atoms with van der Waals surface area (Å²) in [4.78, 5) is 26.3. The molecule has 7 nitrogen and oxygen atoms in total. The largest absolute Gasteiger partial charge is 0.462 e. The van der Waals surface area contributed by atoms with Crippen molar-refractivity contribution in [2.75, 3.05) is 18.5 Å². The molecule has 0 saturated carbocycles. The van der Waals surface area contributed by atoms with E-state index >= 15 is 0 Å². The van der Waals surface area contributed by atoms with Crippen LogP contribution in [-0.4, -0.2) is 30.2 Å². The Balaban J connectivity index is 1.55. The fourth-order valence-electron chi connectivity index (χ4n) is 2.49. The highest BCUT2D eigenvalue weighted by Crippen LogP contribution is 2.33. The van der Waals surface area contributed by atoms with Crippen molar-refractivity contribution in [3.05, 3.63) is 45.3 Å². The van der Waals surface area contributed by atoms with Gasteiger partial charge in [0.1, 0.15) is 17.3 Å². The van der Waals surface area contributed by atoms with Crippen molar-refractivity contribution in [1.29, 1.82) is 0 Å². The van der Waals surface area contributed by atoms with Gasteiger partial charge in [-0.15, -0.1) is 22.7 Å². The lowest BCUT2D eigenvalue weighted by atomic mass is 10.1. The number of esters is 1. The van der Waals surface area contributed by atoms with E-state index in [1.807, 2.05) is 31.4 Å². The predicted octanol–water partition coefficient (Wildman–Crippen LogP) is 4.41. The van der Waals surface area contributed by atoms with Crippen molar-refractivity contribution < 1.29 is 23.6 Å². The summed E-state index contributed by atoms with van der Waals surface area (Å²) >= 11 is 2.89. The maximum absolute atomic E-state index is 12.2. The summed E-state index contributed by atoms with van der Waals surface area (Å²) in [6, 6.07) is 5.66. The molecule has 0 aliphatic carbocycles. The zero-order valence-electron chi connectivity index (χ0n) is 15.7. The number of carbonyl (C=O) groups is 2. The van der Waals surface area contributed by atoms with Crippen LogP contribution >= 0.6 is 22.7 Å². The molecule has 0 bridgehead atoms. The van der Waals surface area contributed by atoms with E-state index in [1.165, 1.54) is 11.3 Å². The molecule has 0 unspecified atom stereocenters. The first-order valence-electron chi connectivity index (χ1n) is 8.63. The predicted molar refractivity (Wildman–Crippen MR) is 108 cm³/mol. The Morgan fingerprint density at radius 1 is 1.32 bits per heavy atom. The molecule has 0 atom stereocenters. The quantitative estimate of drug-likeness (QED) is 0.543. The Bertz CT molecular complexity index is 959. The molecule has 28 heavy (non-hydrogen) atoms. The van der Waals surface area contributed by atoms with Gasteiger partial charge in [0.25, 0.3) is 5.91 Å². The molecule has 9 heteroatoms.